The highest BCUT2D eigenvalue weighted by Gasteiger charge is 2.28. The number of ether oxygens (including phenoxy) is 1. The molecule has 0 spiro atoms. The van der Waals surface area contributed by atoms with Crippen molar-refractivity contribution in [3.05, 3.63) is 94.3 Å². The van der Waals surface area contributed by atoms with Crippen LogP contribution >= 0.6 is 11.6 Å². The number of nitrogens with zero attached hydrogens (tertiary/aromatic N) is 1. The molecule has 4 rings (SSSR count). The maximum absolute atomic E-state index is 12.2. The lowest BCUT2D eigenvalue weighted by atomic mass is 9.98. The number of hydrogen-bond donors (Lipinski definition) is 1. The Balaban J connectivity index is 1.28. The third-order valence-electron chi connectivity index (χ3n) is 5.34. The summed E-state index contributed by atoms with van der Waals surface area (Å²) < 4.78 is 5.54. The first-order chi connectivity index (χ1) is 14.6. The van der Waals surface area contributed by atoms with Gasteiger partial charge in [0.05, 0.1) is 0 Å². The van der Waals surface area contributed by atoms with Crippen molar-refractivity contribution < 1.29 is 9.53 Å². The van der Waals surface area contributed by atoms with Crippen LogP contribution in [0.15, 0.2) is 66.9 Å². The average Bonchev–Trinajstić information content (AvgIpc) is 3.07. The molecule has 1 heterocycles. The molecular formula is C25H23ClN2O2. The molecule has 1 aliphatic carbocycles. The average molecular weight is 419 g/mol. The maximum atomic E-state index is 12.2. The van der Waals surface area contributed by atoms with E-state index in [0.29, 0.717) is 24.7 Å². The van der Waals surface area contributed by atoms with Gasteiger partial charge in [0, 0.05) is 18.7 Å². The quantitative estimate of drug-likeness (QED) is 0.395. The van der Waals surface area contributed by atoms with Gasteiger partial charge in [0.1, 0.15) is 11.8 Å². The minimum absolute atomic E-state index is 0.0726. The van der Waals surface area contributed by atoms with E-state index in [-0.39, 0.29) is 5.92 Å². The normalized spacial score (nSPS) is 12.6. The molecule has 0 saturated heterocycles. The first-order valence-electron chi connectivity index (χ1n) is 10.0. The van der Waals surface area contributed by atoms with Gasteiger partial charge in [-0.1, -0.05) is 72.3 Å². The van der Waals surface area contributed by atoms with E-state index in [1.165, 1.54) is 22.3 Å². The summed E-state index contributed by atoms with van der Waals surface area (Å²) in [6.07, 6.45) is 6.04. The Labute approximate surface area is 181 Å². The van der Waals surface area contributed by atoms with Crippen molar-refractivity contribution in [2.24, 2.45) is 0 Å². The highest BCUT2D eigenvalue weighted by Crippen LogP contribution is 2.44. The monoisotopic (exact) mass is 418 g/mol. The predicted molar refractivity (Wildman–Crippen MR) is 121 cm³/mol. The van der Waals surface area contributed by atoms with Gasteiger partial charge in [-0.25, -0.2) is 9.78 Å². The first-order valence-corrected chi connectivity index (χ1v) is 10.4. The van der Waals surface area contributed by atoms with Crippen LogP contribution in [-0.4, -0.2) is 24.2 Å². The Morgan fingerprint density at radius 2 is 1.80 bits per heavy atom. The lowest BCUT2D eigenvalue weighted by molar-refractivity contribution is 0.143. The topological polar surface area (TPSA) is 51.2 Å². The zero-order chi connectivity index (χ0) is 20.9. The molecule has 0 radical (unpaired) electrons. The summed E-state index contributed by atoms with van der Waals surface area (Å²) in [6.45, 7) is 2.82. The molecule has 0 fully saturated rings. The standard InChI is InChI=1S/C25H23ClN2O2/c1-17-14-24(26)28-15-18(17)8-6-7-13-27-25(29)30-16-23-21-11-4-2-9-19(21)20-10-3-5-12-22(20)23/h2-6,8-12,14-15,23H,7,13,16H2,1H3,(H,27,29). The number of carbonyl (C=O) groups is 1. The number of aromatic nitrogens is 1. The van der Waals surface area contributed by atoms with E-state index in [2.05, 4.69) is 34.6 Å². The minimum atomic E-state index is -0.394. The van der Waals surface area contributed by atoms with Crippen LogP contribution in [0.5, 0.6) is 0 Å². The largest absolute Gasteiger partial charge is 0.449 e. The lowest BCUT2D eigenvalue weighted by Gasteiger charge is -2.14. The molecule has 0 aliphatic heterocycles. The Morgan fingerprint density at radius 3 is 2.47 bits per heavy atom. The van der Waals surface area contributed by atoms with Crippen molar-refractivity contribution in [1.29, 1.82) is 0 Å². The zero-order valence-electron chi connectivity index (χ0n) is 16.8. The molecule has 4 nitrogen and oxygen atoms in total. The molecule has 1 amide bonds. The predicted octanol–water partition coefficient (Wildman–Crippen LogP) is 5.99. The van der Waals surface area contributed by atoms with Gasteiger partial charge in [-0.3, -0.25) is 0 Å². The number of carbonyl (C=O) groups excluding carboxylic acids is 1. The number of rotatable bonds is 6. The van der Waals surface area contributed by atoms with Crippen LogP contribution < -0.4 is 5.32 Å². The van der Waals surface area contributed by atoms with Gasteiger partial charge in [0.15, 0.2) is 0 Å². The molecule has 0 bridgehead atoms. The molecule has 3 aromatic rings. The minimum Gasteiger partial charge on any atom is -0.449 e. The molecule has 1 aromatic heterocycles. The number of nitrogens with one attached hydrogen (secondary N) is 1. The van der Waals surface area contributed by atoms with Crippen molar-refractivity contribution in [2.75, 3.05) is 13.2 Å². The molecule has 2 aromatic carbocycles. The van der Waals surface area contributed by atoms with Crippen molar-refractivity contribution in [2.45, 2.75) is 19.3 Å². The van der Waals surface area contributed by atoms with Crippen LogP contribution in [0, 0.1) is 6.92 Å². The molecule has 0 saturated carbocycles. The molecule has 1 aliphatic rings. The summed E-state index contributed by atoms with van der Waals surface area (Å²) in [7, 11) is 0. The summed E-state index contributed by atoms with van der Waals surface area (Å²) in [5.41, 5.74) is 6.94. The lowest BCUT2D eigenvalue weighted by Crippen LogP contribution is -2.26. The second-order valence-electron chi connectivity index (χ2n) is 7.31. The van der Waals surface area contributed by atoms with Crippen molar-refractivity contribution in [3.63, 3.8) is 0 Å². The number of amides is 1. The van der Waals surface area contributed by atoms with Gasteiger partial charge in [-0.05, 0) is 52.8 Å². The van der Waals surface area contributed by atoms with Gasteiger partial charge >= 0.3 is 6.09 Å². The molecule has 5 heteroatoms. The smallest absolute Gasteiger partial charge is 0.407 e. The molecule has 0 unspecified atom stereocenters. The summed E-state index contributed by atoms with van der Waals surface area (Å²) in [6, 6.07) is 18.4. The fourth-order valence-corrected chi connectivity index (χ4v) is 4.04. The molecular weight excluding hydrogens is 396 g/mol. The molecule has 0 atom stereocenters. The number of hydrogen-bond acceptors (Lipinski definition) is 3. The van der Waals surface area contributed by atoms with Crippen LogP contribution in [0.1, 0.15) is 34.6 Å². The van der Waals surface area contributed by atoms with Crippen LogP contribution in [0.4, 0.5) is 4.79 Å². The van der Waals surface area contributed by atoms with Gasteiger partial charge in [0.25, 0.3) is 0 Å². The summed E-state index contributed by atoms with van der Waals surface area (Å²) in [5, 5.41) is 3.30. The van der Waals surface area contributed by atoms with Gasteiger partial charge in [-0.15, -0.1) is 0 Å². The van der Waals surface area contributed by atoms with E-state index in [1.54, 1.807) is 6.20 Å². The van der Waals surface area contributed by atoms with E-state index in [9.17, 15) is 4.79 Å². The van der Waals surface area contributed by atoms with Crippen molar-refractivity contribution >= 4 is 23.8 Å². The van der Waals surface area contributed by atoms with Crippen LogP contribution in [0.25, 0.3) is 17.2 Å². The summed E-state index contributed by atoms with van der Waals surface area (Å²) >= 11 is 5.87. The Hall–Kier alpha value is -3.11. The van der Waals surface area contributed by atoms with E-state index >= 15 is 0 Å². The Kier molecular flexibility index (Phi) is 6.15. The third kappa shape index (κ3) is 4.39. The third-order valence-corrected chi connectivity index (χ3v) is 5.55. The first kappa shape index (κ1) is 20.2. The number of fused-ring (bicyclic) bond motifs is 3. The fourth-order valence-electron chi connectivity index (χ4n) is 3.82. The summed E-state index contributed by atoms with van der Waals surface area (Å²) in [4.78, 5) is 16.3. The van der Waals surface area contributed by atoms with E-state index in [4.69, 9.17) is 16.3 Å². The Bertz CT molecular complexity index is 1050. The highest BCUT2D eigenvalue weighted by molar-refractivity contribution is 6.29. The molecule has 1 N–H and O–H groups in total. The van der Waals surface area contributed by atoms with Crippen molar-refractivity contribution in [1.82, 2.24) is 10.3 Å². The number of alkyl carbamates (subject to hydrolysis) is 1. The van der Waals surface area contributed by atoms with E-state index in [0.717, 1.165) is 11.1 Å². The number of halogens is 1. The van der Waals surface area contributed by atoms with Crippen LogP contribution in [-0.2, 0) is 4.74 Å². The second-order valence-corrected chi connectivity index (χ2v) is 7.69. The fraction of sp³-hybridized carbons (Fsp3) is 0.200. The Morgan fingerprint density at radius 1 is 1.13 bits per heavy atom. The van der Waals surface area contributed by atoms with Crippen LogP contribution in [0.2, 0.25) is 5.15 Å². The van der Waals surface area contributed by atoms with Gasteiger partial charge in [-0.2, -0.15) is 0 Å². The van der Waals surface area contributed by atoms with Crippen molar-refractivity contribution in [3.8, 4) is 11.1 Å². The SMILES string of the molecule is Cc1cc(Cl)ncc1C=CCCNC(=O)OCC1c2ccccc2-c2ccccc21. The maximum Gasteiger partial charge on any atom is 0.407 e. The highest BCUT2D eigenvalue weighted by atomic mass is 35.5. The molecule has 152 valence electrons. The van der Waals surface area contributed by atoms with E-state index in [1.807, 2.05) is 49.4 Å². The van der Waals surface area contributed by atoms with E-state index < -0.39 is 6.09 Å². The number of pyridine rings is 1. The number of benzene rings is 2. The zero-order valence-corrected chi connectivity index (χ0v) is 17.5. The number of aryl methyl sites for hydroxylation is 1. The molecule has 30 heavy (non-hydrogen) atoms. The van der Waals surface area contributed by atoms with Crippen LogP contribution in [0.3, 0.4) is 0 Å². The summed E-state index contributed by atoms with van der Waals surface area (Å²) in [5.74, 6) is 0.0726. The van der Waals surface area contributed by atoms with Gasteiger partial charge < -0.3 is 10.1 Å². The van der Waals surface area contributed by atoms with Gasteiger partial charge in [0.2, 0.25) is 0 Å². The second kappa shape index (κ2) is 9.14.